The number of aryl methyl sites for hydroxylation is 1. The number of ketones is 1. The highest BCUT2D eigenvalue weighted by molar-refractivity contribution is 7.36. The van der Waals surface area contributed by atoms with E-state index in [1.807, 2.05) is 18.2 Å². The minimum atomic E-state index is -0.517. The maximum Gasteiger partial charge on any atom is 0.194 e. The second-order valence-corrected chi connectivity index (χ2v) is 11.0. The Bertz CT molecular complexity index is 1760. The van der Waals surface area contributed by atoms with Gasteiger partial charge in [0, 0.05) is 50.1 Å². The SMILES string of the molecule is Cn1c(-c2c(F)c(P)c(P)c(F)c2P)cc2sc(/C=C3\C(=O)c4ccccc4C3=C(C#N)C#N)cc21. The second kappa shape index (κ2) is 9.12. The first-order valence-electron chi connectivity index (χ1n) is 10.5. The van der Waals surface area contributed by atoms with E-state index in [2.05, 4.69) is 27.7 Å². The minimum absolute atomic E-state index is 0.126. The van der Waals surface area contributed by atoms with Crippen molar-refractivity contribution >= 4 is 82.6 Å². The quantitative estimate of drug-likeness (QED) is 0.206. The molecule has 0 saturated carbocycles. The van der Waals surface area contributed by atoms with E-state index in [-0.39, 0.29) is 38.4 Å². The lowest BCUT2D eigenvalue weighted by molar-refractivity contribution is 0.104. The average molecular weight is 549 g/mol. The summed E-state index contributed by atoms with van der Waals surface area (Å²) in [5.74, 6) is -1.28. The molecule has 4 nitrogen and oxygen atoms in total. The Labute approximate surface area is 216 Å². The van der Waals surface area contributed by atoms with Gasteiger partial charge in [0.05, 0.1) is 15.9 Å². The van der Waals surface area contributed by atoms with E-state index in [1.165, 1.54) is 11.3 Å². The molecule has 0 bridgehead atoms. The van der Waals surface area contributed by atoms with E-state index in [0.717, 1.165) is 15.1 Å². The third-order valence-electron chi connectivity index (χ3n) is 6.21. The van der Waals surface area contributed by atoms with Gasteiger partial charge >= 0.3 is 0 Å². The summed E-state index contributed by atoms with van der Waals surface area (Å²) in [4.78, 5) is 13.9. The van der Waals surface area contributed by atoms with E-state index in [1.54, 1.807) is 48.0 Å². The molecular formula is C26H16F2N3OP3S. The summed E-state index contributed by atoms with van der Waals surface area (Å²) in [5.41, 5.74) is 2.96. The maximum absolute atomic E-state index is 15.2. The van der Waals surface area contributed by atoms with Gasteiger partial charge in [0.25, 0.3) is 0 Å². The highest BCUT2D eigenvalue weighted by atomic mass is 32.1. The minimum Gasteiger partial charge on any atom is -0.343 e. The van der Waals surface area contributed by atoms with Crippen LogP contribution in [0.2, 0.25) is 0 Å². The zero-order valence-electron chi connectivity index (χ0n) is 18.7. The van der Waals surface area contributed by atoms with E-state index < -0.39 is 11.6 Å². The fourth-order valence-corrected chi connectivity index (χ4v) is 6.65. The van der Waals surface area contributed by atoms with E-state index in [0.29, 0.717) is 22.4 Å². The molecule has 176 valence electrons. The van der Waals surface area contributed by atoms with Gasteiger partial charge in [-0.15, -0.1) is 39.1 Å². The fraction of sp³-hybridized carbons (Fsp3) is 0.0385. The van der Waals surface area contributed by atoms with Crippen LogP contribution in [0, 0.1) is 34.3 Å². The number of aromatic nitrogens is 1. The van der Waals surface area contributed by atoms with Crippen LogP contribution in [-0.4, -0.2) is 10.4 Å². The number of halogens is 2. The summed E-state index contributed by atoms with van der Waals surface area (Å²) in [5, 5.41) is 19.5. The second-order valence-electron chi connectivity index (χ2n) is 8.14. The van der Waals surface area contributed by atoms with Gasteiger partial charge in [-0.1, -0.05) is 24.3 Å². The van der Waals surface area contributed by atoms with Gasteiger partial charge in [0.2, 0.25) is 0 Å². The fourth-order valence-electron chi connectivity index (χ4n) is 4.43. The van der Waals surface area contributed by atoms with Crippen molar-refractivity contribution in [3.8, 4) is 23.4 Å². The molecule has 0 aliphatic heterocycles. The van der Waals surface area contributed by atoms with Crippen molar-refractivity contribution in [1.29, 1.82) is 10.5 Å². The van der Waals surface area contributed by atoms with Crippen LogP contribution < -0.4 is 15.9 Å². The van der Waals surface area contributed by atoms with Crippen molar-refractivity contribution in [3.05, 3.63) is 75.2 Å². The lowest BCUT2D eigenvalue weighted by Gasteiger charge is -2.14. The number of Topliss-reactive ketones (excluding diaryl/α,β-unsaturated/α-hetero) is 1. The summed E-state index contributed by atoms with van der Waals surface area (Å²) >= 11 is 1.38. The lowest BCUT2D eigenvalue weighted by atomic mass is 9.99. The number of benzene rings is 2. The van der Waals surface area contributed by atoms with E-state index in [9.17, 15) is 19.7 Å². The molecule has 0 spiro atoms. The van der Waals surface area contributed by atoms with Gasteiger partial charge in [-0.2, -0.15) is 10.5 Å². The van der Waals surface area contributed by atoms with Gasteiger partial charge in [0.15, 0.2) is 5.78 Å². The average Bonchev–Trinajstić information content (AvgIpc) is 3.50. The number of hydrogen-bond donors (Lipinski definition) is 0. The first-order chi connectivity index (χ1) is 17.2. The van der Waals surface area contributed by atoms with E-state index in [4.69, 9.17) is 0 Å². The molecule has 4 aromatic rings. The number of nitriles is 2. The molecule has 3 unspecified atom stereocenters. The molecule has 0 fully saturated rings. The Balaban J connectivity index is 1.67. The molecule has 0 amide bonds. The zero-order valence-corrected chi connectivity index (χ0v) is 23.0. The number of hydrogen-bond acceptors (Lipinski definition) is 4. The van der Waals surface area contributed by atoms with E-state index >= 15 is 4.39 Å². The Hall–Kier alpha value is -3.04. The first kappa shape index (κ1) is 24.6. The van der Waals surface area contributed by atoms with Crippen LogP contribution in [0.5, 0.6) is 0 Å². The molecule has 2 aromatic heterocycles. The Kier molecular flexibility index (Phi) is 6.24. The van der Waals surface area contributed by atoms with Crippen molar-refractivity contribution < 1.29 is 13.6 Å². The van der Waals surface area contributed by atoms with Crippen LogP contribution >= 0.6 is 39.1 Å². The Morgan fingerprint density at radius 2 is 1.64 bits per heavy atom. The molecule has 1 aliphatic carbocycles. The van der Waals surface area contributed by atoms with Crippen LogP contribution in [-0.2, 0) is 7.05 Å². The predicted molar refractivity (Wildman–Crippen MR) is 151 cm³/mol. The summed E-state index contributed by atoms with van der Waals surface area (Å²) in [6.07, 6.45) is 1.68. The highest BCUT2D eigenvalue weighted by Gasteiger charge is 2.32. The standard InChI is InChI=1S/C26H16F2N3OP3S/c1-31-16-7-12(6-15-19(11(9-29)10-30)13-4-2-3-5-14(13)23(15)32)36-18(16)8-17(31)20-21(27)25(34)26(35)22(28)24(20)33/h2-8H,33-35H2,1H3/b15-6-. The molecule has 5 rings (SSSR count). The molecule has 2 heterocycles. The number of carbonyl (C=O) groups excluding carboxylic acids is 1. The van der Waals surface area contributed by atoms with Crippen molar-refractivity contribution in [2.75, 3.05) is 0 Å². The molecule has 3 atom stereocenters. The largest absolute Gasteiger partial charge is 0.343 e. The van der Waals surface area contributed by atoms with Crippen LogP contribution in [0.25, 0.3) is 33.1 Å². The first-order valence-corrected chi connectivity index (χ1v) is 13.1. The van der Waals surface area contributed by atoms with Crippen molar-refractivity contribution in [3.63, 3.8) is 0 Å². The molecule has 0 saturated heterocycles. The molecule has 0 N–H and O–H groups in total. The van der Waals surface area contributed by atoms with Gasteiger partial charge in [0.1, 0.15) is 29.3 Å². The van der Waals surface area contributed by atoms with Crippen molar-refractivity contribution in [2.45, 2.75) is 0 Å². The predicted octanol–water partition coefficient (Wildman–Crippen LogP) is 4.77. The summed E-state index contributed by atoms with van der Waals surface area (Å²) < 4.78 is 32.5. The summed E-state index contributed by atoms with van der Waals surface area (Å²) in [6, 6.07) is 14.4. The number of carbonyl (C=O) groups is 1. The number of fused-ring (bicyclic) bond motifs is 2. The van der Waals surface area contributed by atoms with Crippen LogP contribution in [0.4, 0.5) is 8.78 Å². The Morgan fingerprint density at radius 1 is 1.00 bits per heavy atom. The van der Waals surface area contributed by atoms with Gasteiger partial charge < -0.3 is 4.57 Å². The maximum atomic E-state index is 15.2. The number of thiophene rings is 1. The molecule has 2 aromatic carbocycles. The van der Waals surface area contributed by atoms with Gasteiger partial charge in [-0.3, -0.25) is 4.79 Å². The lowest BCUT2D eigenvalue weighted by Crippen LogP contribution is -2.28. The van der Waals surface area contributed by atoms with Crippen molar-refractivity contribution in [1.82, 2.24) is 4.57 Å². The monoisotopic (exact) mass is 549 g/mol. The molecular weight excluding hydrogens is 533 g/mol. The smallest absolute Gasteiger partial charge is 0.194 e. The number of rotatable bonds is 2. The zero-order chi connectivity index (χ0) is 25.9. The number of nitrogens with zero attached hydrogens (tertiary/aromatic N) is 3. The van der Waals surface area contributed by atoms with Crippen molar-refractivity contribution in [2.24, 2.45) is 7.05 Å². The summed E-state index contributed by atoms with van der Waals surface area (Å²) in [6.45, 7) is 0. The Morgan fingerprint density at radius 3 is 2.28 bits per heavy atom. The molecule has 36 heavy (non-hydrogen) atoms. The summed E-state index contributed by atoms with van der Waals surface area (Å²) in [7, 11) is 8.54. The van der Waals surface area contributed by atoms with Gasteiger partial charge in [-0.25, -0.2) is 8.78 Å². The highest BCUT2D eigenvalue weighted by Crippen LogP contribution is 2.41. The van der Waals surface area contributed by atoms with Gasteiger partial charge in [-0.05, 0) is 23.8 Å². The molecule has 1 aliphatic rings. The van der Waals surface area contributed by atoms with Crippen LogP contribution in [0.3, 0.4) is 0 Å². The third-order valence-corrected chi connectivity index (χ3v) is 9.23. The molecule has 0 radical (unpaired) electrons. The normalized spacial score (nSPS) is 13.8. The van der Waals surface area contributed by atoms with Crippen LogP contribution in [0.1, 0.15) is 20.8 Å². The number of allylic oxidation sites excluding steroid dienone is 3. The van der Waals surface area contributed by atoms with Crippen LogP contribution in [0.15, 0.2) is 47.5 Å². The molecule has 10 heteroatoms. The topological polar surface area (TPSA) is 69.6 Å². The third kappa shape index (κ3) is 3.59.